The molecule has 0 heterocycles. The van der Waals surface area contributed by atoms with Crippen molar-refractivity contribution in [3.05, 3.63) is 20.4 Å². The minimum atomic E-state index is -1.23. The monoisotopic (exact) mass is 476 g/mol. The number of allylic oxidation sites excluding steroid dienone is 4. The van der Waals surface area contributed by atoms with Gasteiger partial charge in [-0.05, 0) is 58.3 Å². The summed E-state index contributed by atoms with van der Waals surface area (Å²) in [5, 5.41) is 1.86. The second-order valence-electron chi connectivity index (χ2n) is 8.57. The van der Waals surface area contributed by atoms with Crippen molar-refractivity contribution in [3.8, 4) is 0 Å². The Hall–Kier alpha value is 0.427. The lowest BCUT2D eigenvalue weighted by Gasteiger charge is -2.25. The van der Waals surface area contributed by atoms with E-state index in [1.165, 1.54) is 83.5 Å². The first-order valence-electron chi connectivity index (χ1n) is 10.9. The van der Waals surface area contributed by atoms with Gasteiger partial charge in [0.2, 0.25) is 0 Å². The van der Waals surface area contributed by atoms with Crippen molar-refractivity contribution in [2.24, 2.45) is 0 Å². The normalized spacial score (nSPS) is 14.0. The standard InChI is InChI=1S/C23H45ISi/c1-7-10-13-15-17-21(20-22(24)18-16-14-11-8-2)23(19-12-9-3)25(4,5)6/h20H,7-19H2,1-6H3/b22-20-,23-21+. The Bertz CT molecular complexity index is 387. The lowest BCUT2D eigenvalue weighted by atomic mass is 10.0. The molecule has 0 bridgehead atoms. The first kappa shape index (κ1) is 25.4. The first-order chi connectivity index (χ1) is 11.9. The highest BCUT2D eigenvalue weighted by Gasteiger charge is 2.22. The summed E-state index contributed by atoms with van der Waals surface area (Å²) < 4.78 is 1.59. The van der Waals surface area contributed by atoms with Crippen LogP contribution in [0, 0.1) is 0 Å². The Balaban J connectivity index is 5.22. The van der Waals surface area contributed by atoms with Crippen LogP contribution >= 0.6 is 22.6 Å². The minimum Gasteiger partial charge on any atom is -0.0779 e. The summed E-state index contributed by atoms with van der Waals surface area (Å²) in [6.45, 7) is 14.6. The SMILES string of the molecule is CCCCCC/C(I)=C/C(CCCCCC)=C(\CCCC)[Si](C)(C)C. The molecule has 0 unspecified atom stereocenters. The van der Waals surface area contributed by atoms with Crippen molar-refractivity contribution in [3.63, 3.8) is 0 Å². The van der Waals surface area contributed by atoms with Gasteiger partial charge in [-0.15, -0.1) is 0 Å². The van der Waals surface area contributed by atoms with E-state index >= 15 is 0 Å². The molecule has 0 nitrogen and oxygen atoms in total. The van der Waals surface area contributed by atoms with Crippen LogP contribution < -0.4 is 0 Å². The zero-order valence-electron chi connectivity index (χ0n) is 18.1. The van der Waals surface area contributed by atoms with Gasteiger partial charge in [-0.25, -0.2) is 0 Å². The van der Waals surface area contributed by atoms with Gasteiger partial charge in [0.1, 0.15) is 0 Å². The van der Waals surface area contributed by atoms with Gasteiger partial charge in [0.05, 0.1) is 8.07 Å². The lowest BCUT2D eigenvalue weighted by Crippen LogP contribution is -2.25. The molecule has 0 aliphatic carbocycles. The third-order valence-electron chi connectivity index (χ3n) is 4.97. The van der Waals surface area contributed by atoms with Crippen molar-refractivity contribution in [1.82, 2.24) is 0 Å². The van der Waals surface area contributed by atoms with E-state index in [2.05, 4.69) is 69.1 Å². The predicted molar refractivity (Wildman–Crippen MR) is 130 cm³/mol. The fourth-order valence-electron chi connectivity index (χ4n) is 3.41. The largest absolute Gasteiger partial charge is 0.0779 e. The fourth-order valence-corrected chi connectivity index (χ4v) is 6.25. The highest BCUT2D eigenvalue weighted by atomic mass is 127. The van der Waals surface area contributed by atoms with Crippen LogP contribution in [0.3, 0.4) is 0 Å². The minimum absolute atomic E-state index is 1.23. The summed E-state index contributed by atoms with van der Waals surface area (Å²) in [5.74, 6) is 0. The van der Waals surface area contributed by atoms with Crippen LogP contribution in [0.5, 0.6) is 0 Å². The molecule has 0 N–H and O–H groups in total. The van der Waals surface area contributed by atoms with Crippen molar-refractivity contribution < 1.29 is 0 Å². The predicted octanol–water partition coefficient (Wildman–Crippen LogP) is 9.61. The van der Waals surface area contributed by atoms with Crippen molar-refractivity contribution in [1.29, 1.82) is 0 Å². The van der Waals surface area contributed by atoms with Crippen molar-refractivity contribution in [2.45, 2.75) is 124 Å². The zero-order valence-corrected chi connectivity index (χ0v) is 21.3. The third-order valence-corrected chi connectivity index (χ3v) is 8.21. The maximum absolute atomic E-state index is 2.62. The second kappa shape index (κ2) is 15.5. The van der Waals surface area contributed by atoms with E-state index in [0.717, 1.165) is 0 Å². The van der Waals surface area contributed by atoms with Gasteiger partial charge in [0.15, 0.2) is 0 Å². The van der Waals surface area contributed by atoms with Crippen molar-refractivity contribution in [2.75, 3.05) is 0 Å². The van der Waals surface area contributed by atoms with Crippen LogP contribution in [-0.2, 0) is 0 Å². The van der Waals surface area contributed by atoms with E-state index in [-0.39, 0.29) is 0 Å². The highest BCUT2D eigenvalue weighted by molar-refractivity contribution is 14.1. The number of rotatable bonds is 15. The van der Waals surface area contributed by atoms with Crippen LogP contribution in [0.25, 0.3) is 0 Å². The van der Waals surface area contributed by atoms with Crippen LogP contribution in [0.4, 0.5) is 0 Å². The smallest absolute Gasteiger partial charge is 0.0727 e. The number of hydrogen-bond acceptors (Lipinski definition) is 0. The summed E-state index contributed by atoms with van der Waals surface area (Å²) >= 11 is 2.62. The zero-order chi connectivity index (χ0) is 19.1. The van der Waals surface area contributed by atoms with E-state index in [1.54, 1.807) is 9.15 Å². The van der Waals surface area contributed by atoms with Gasteiger partial charge in [-0.2, -0.15) is 0 Å². The Morgan fingerprint density at radius 3 is 1.68 bits per heavy atom. The van der Waals surface area contributed by atoms with Gasteiger partial charge in [0, 0.05) is 0 Å². The third kappa shape index (κ3) is 13.3. The van der Waals surface area contributed by atoms with Crippen LogP contribution in [0.2, 0.25) is 19.6 Å². The molecule has 0 saturated heterocycles. The number of halogens is 1. The first-order valence-corrected chi connectivity index (χ1v) is 15.5. The Kier molecular flexibility index (Phi) is 15.7. The van der Waals surface area contributed by atoms with Crippen LogP contribution in [-0.4, -0.2) is 8.07 Å². The van der Waals surface area contributed by atoms with Gasteiger partial charge >= 0.3 is 0 Å². The Labute approximate surface area is 174 Å². The Morgan fingerprint density at radius 1 is 0.680 bits per heavy atom. The van der Waals surface area contributed by atoms with E-state index in [9.17, 15) is 0 Å². The molecule has 2 heteroatoms. The summed E-state index contributed by atoms with van der Waals surface area (Å²) in [7, 11) is -1.23. The molecule has 0 aromatic carbocycles. The fraction of sp³-hybridized carbons (Fsp3) is 0.826. The van der Waals surface area contributed by atoms with E-state index in [0.29, 0.717) is 0 Å². The molecular weight excluding hydrogens is 431 g/mol. The maximum atomic E-state index is 2.62. The van der Waals surface area contributed by atoms with E-state index in [1.807, 2.05) is 5.20 Å². The van der Waals surface area contributed by atoms with Crippen LogP contribution in [0.1, 0.15) is 104 Å². The summed E-state index contributed by atoms with van der Waals surface area (Å²) in [6, 6.07) is 0. The number of unbranched alkanes of at least 4 members (excludes halogenated alkanes) is 7. The van der Waals surface area contributed by atoms with E-state index < -0.39 is 8.07 Å². The van der Waals surface area contributed by atoms with Gasteiger partial charge in [0.25, 0.3) is 0 Å². The number of hydrogen-bond donors (Lipinski definition) is 0. The molecule has 0 atom stereocenters. The molecule has 148 valence electrons. The lowest BCUT2D eigenvalue weighted by molar-refractivity contribution is 0.663. The molecule has 25 heavy (non-hydrogen) atoms. The molecule has 0 spiro atoms. The molecule has 0 amide bonds. The second-order valence-corrected chi connectivity index (χ2v) is 15.1. The molecule has 0 aromatic heterocycles. The average Bonchev–Trinajstić information content (AvgIpc) is 2.54. The molecule has 0 fully saturated rings. The quantitative estimate of drug-likeness (QED) is 0.0955. The topological polar surface area (TPSA) is 0 Å². The summed E-state index contributed by atoms with van der Waals surface area (Å²) in [4.78, 5) is 0. The Morgan fingerprint density at radius 2 is 1.20 bits per heavy atom. The van der Waals surface area contributed by atoms with E-state index in [4.69, 9.17) is 0 Å². The molecule has 0 saturated carbocycles. The van der Waals surface area contributed by atoms with Gasteiger partial charge in [-0.3, -0.25) is 0 Å². The molecule has 0 aliphatic heterocycles. The molecule has 0 aliphatic rings. The molecule has 0 radical (unpaired) electrons. The van der Waals surface area contributed by atoms with Crippen LogP contribution in [0.15, 0.2) is 20.4 Å². The van der Waals surface area contributed by atoms with Gasteiger partial charge in [-0.1, -0.05) is 109 Å². The average molecular weight is 477 g/mol. The maximum Gasteiger partial charge on any atom is 0.0727 e. The summed E-state index contributed by atoms with van der Waals surface area (Å²) in [6.07, 6.45) is 20.2. The van der Waals surface area contributed by atoms with Crippen molar-refractivity contribution >= 4 is 30.7 Å². The molecule has 0 rings (SSSR count). The summed E-state index contributed by atoms with van der Waals surface area (Å²) in [5.41, 5.74) is 1.73. The highest BCUT2D eigenvalue weighted by Crippen LogP contribution is 2.30. The molecular formula is C23H45ISi. The van der Waals surface area contributed by atoms with Gasteiger partial charge < -0.3 is 0 Å². The molecule has 0 aromatic rings.